The first-order chi connectivity index (χ1) is 8.46. The van der Waals surface area contributed by atoms with Crippen molar-refractivity contribution in [2.45, 2.75) is 65.0 Å². The topological polar surface area (TPSA) is 15.3 Å². The van der Waals surface area contributed by atoms with Gasteiger partial charge in [0.05, 0.1) is 6.54 Å². The minimum absolute atomic E-state index is 0.188. The van der Waals surface area contributed by atoms with Crippen LogP contribution in [0.3, 0.4) is 0 Å². The van der Waals surface area contributed by atoms with Crippen LogP contribution in [0.2, 0.25) is 0 Å². The summed E-state index contributed by atoms with van der Waals surface area (Å²) in [7, 11) is 0. The van der Waals surface area contributed by atoms with Crippen molar-refractivity contribution in [3.63, 3.8) is 0 Å². The Kier molecular flexibility index (Phi) is 6.18. The molecule has 0 aliphatic heterocycles. The van der Waals surface area contributed by atoms with Crippen LogP contribution < -0.4 is 5.32 Å². The van der Waals surface area contributed by atoms with Gasteiger partial charge in [-0.1, -0.05) is 19.3 Å². The Morgan fingerprint density at radius 3 is 2.50 bits per heavy atom. The third-order valence-electron chi connectivity index (χ3n) is 3.49. The van der Waals surface area contributed by atoms with Gasteiger partial charge in [0, 0.05) is 24.7 Å². The summed E-state index contributed by atoms with van der Waals surface area (Å²) < 4.78 is 0. The summed E-state index contributed by atoms with van der Waals surface area (Å²) in [5, 5.41) is 3.63. The van der Waals surface area contributed by atoms with E-state index in [2.05, 4.69) is 43.8 Å². The maximum absolute atomic E-state index is 5.53. The molecule has 0 aromatic rings. The highest BCUT2D eigenvalue weighted by molar-refractivity contribution is 4.93. The van der Waals surface area contributed by atoms with Gasteiger partial charge in [-0.3, -0.25) is 4.90 Å². The van der Waals surface area contributed by atoms with Crippen molar-refractivity contribution in [2.24, 2.45) is 5.92 Å². The van der Waals surface area contributed by atoms with Crippen LogP contribution in [0, 0.1) is 18.3 Å². The van der Waals surface area contributed by atoms with E-state index in [1.807, 2.05) is 0 Å². The molecule has 1 aliphatic rings. The predicted molar refractivity (Wildman–Crippen MR) is 79.6 cm³/mol. The van der Waals surface area contributed by atoms with E-state index >= 15 is 0 Å². The first-order valence-electron chi connectivity index (χ1n) is 7.38. The number of hydrogen-bond donors (Lipinski definition) is 1. The van der Waals surface area contributed by atoms with Gasteiger partial charge in [-0.25, -0.2) is 0 Å². The normalized spacial score (nSPS) is 17.8. The van der Waals surface area contributed by atoms with Gasteiger partial charge in [0.25, 0.3) is 0 Å². The van der Waals surface area contributed by atoms with Gasteiger partial charge in [0.2, 0.25) is 0 Å². The molecule has 0 spiro atoms. The van der Waals surface area contributed by atoms with Gasteiger partial charge in [0.15, 0.2) is 0 Å². The summed E-state index contributed by atoms with van der Waals surface area (Å²) in [4.78, 5) is 2.51. The van der Waals surface area contributed by atoms with E-state index in [1.54, 1.807) is 0 Å². The molecule has 2 heteroatoms. The monoisotopic (exact) mass is 250 g/mol. The Labute approximate surface area is 114 Å². The van der Waals surface area contributed by atoms with Crippen molar-refractivity contribution in [3.05, 3.63) is 0 Å². The van der Waals surface area contributed by atoms with Crippen molar-refractivity contribution < 1.29 is 0 Å². The van der Waals surface area contributed by atoms with Crippen molar-refractivity contribution in [1.29, 1.82) is 0 Å². The highest BCUT2D eigenvalue weighted by Gasteiger charge is 2.27. The van der Waals surface area contributed by atoms with Crippen LogP contribution in [0.15, 0.2) is 0 Å². The van der Waals surface area contributed by atoms with E-state index in [0.717, 1.165) is 19.0 Å². The van der Waals surface area contributed by atoms with Crippen LogP contribution in [-0.4, -0.2) is 36.1 Å². The molecule has 0 saturated heterocycles. The van der Waals surface area contributed by atoms with Crippen LogP contribution in [0.25, 0.3) is 0 Å². The Bertz CT molecular complexity index is 268. The second-order valence-corrected chi connectivity index (χ2v) is 6.65. The van der Waals surface area contributed by atoms with Crippen LogP contribution in [0.4, 0.5) is 0 Å². The minimum Gasteiger partial charge on any atom is -0.311 e. The third-order valence-corrected chi connectivity index (χ3v) is 3.49. The fourth-order valence-corrected chi connectivity index (χ4v) is 2.26. The van der Waals surface area contributed by atoms with Gasteiger partial charge >= 0.3 is 0 Å². The molecular formula is C16H30N2. The SMILES string of the molecule is C#CCN(CC1CC1)C(CCC)CNC(C)(C)C. The maximum Gasteiger partial charge on any atom is 0.0601 e. The molecule has 1 N–H and O–H groups in total. The molecule has 0 aromatic carbocycles. The minimum atomic E-state index is 0.188. The lowest BCUT2D eigenvalue weighted by molar-refractivity contribution is 0.185. The van der Waals surface area contributed by atoms with E-state index in [-0.39, 0.29) is 5.54 Å². The van der Waals surface area contributed by atoms with E-state index in [1.165, 1.54) is 32.2 Å². The Morgan fingerprint density at radius 2 is 2.06 bits per heavy atom. The zero-order chi connectivity index (χ0) is 13.6. The predicted octanol–water partition coefficient (Wildman–Crippen LogP) is 2.89. The van der Waals surface area contributed by atoms with E-state index in [9.17, 15) is 0 Å². The number of nitrogens with one attached hydrogen (secondary N) is 1. The highest BCUT2D eigenvalue weighted by atomic mass is 15.2. The van der Waals surface area contributed by atoms with Gasteiger partial charge in [-0.05, 0) is 46.0 Å². The number of rotatable bonds is 8. The van der Waals surface area contributed by atoms with Crippen LogP contribution >= 0.6 is 0 Å². The van der Waals surface area contributed by atoms with Crippen molar-refractivity contribution >= 4 is 0 Å². The first kappa shape index (κ1) is 15.5. The molecule has 2 nitrogen and oxygen atoms in total. The summed E-state index contributed by atoms with van der Waals surface area (Å²) in [6.07, 6.45) is 10.8. The summed E-state index contributed by atoms with van der Waals surface area (Å²) in [6.45, 7) is 12.0. The van der Waals surface area contributed by atoms with E-state index < -0.39 is 0 Å². The van der Waals surface area contributed by atoms with Gasteiger partial charge in [-0.2, -0.15) is 0 Å². The molecule has 104 valence electrons. The lowest BCUT2D eigenvalue weighted by Crippen LogP contribution is -2.48. The third kappa shape index (κ3) is 6.42. The molecule has 18 heavy (non-hydrogen) atoms. The lowest BCUT2D eigenvalue weighted by atomic mass is 10.1. The maximum atomic E-state index is 5.53. The molecule has 0 bridgehead atoms. The van der Waals surface area contributed by atoms with E-state index in [4.69, 9.17) is 6.42 Å². The summed E-state index contributed by atoms with van der Waals surface area (Å²) in [5.74, 6) is 3.74. The van der Waals surface area contributed by atoms with Crippen molar-refractivity contribution in [3.8, 4) is 12.3 Å². The molecule has 1 fully saturated rings. The van der Waals surface area contributed by atoms with Crippen LogP contribution in [-0.2, 0) is 0 Å². The summed E-state index contributed by atoms with van der Waals surface area (Å²) >= 11 is 0. The molecule has 0 aromatic heterocycles. The summed E-state index contributed by atoms with van der Waals surface area (Å²) in [6, 6.07) is 0.589. The lowest BCUT2D eigenvalue weighted by Gasteiger charge is -2.33. The molecule has 1 rings (SSSR count). The number of terminal acetylenes is 1. The Hall–Kier alpha value is -0.520. The van der Waals surface area contributed by atoms with Crippen molar-refractivity contribution in [2.75, 3.05) is 19.6 Å². The first-order valence-corrected chi connectivity index (χ1v) is 7.38. The molecule has 0 radical (unpaired) electrons. The highest BCUT2D eigenvalue weighted by Crippen LogP contribution is 2.30. The largest absolute Gasteiger partial charge is 0.311 e. The number of hydrogen-bond acceptors (Lipinski definition) is 2. The molecule has 0 amide bonds. The smallest absolute Gasteiger partial charge is 0.0601 e. The standard InChI is InChI=1S/C16H30N2/c1-6-8-15(12-17-16(3,4)5)18(11-7-2)13-14-9-10-14/h2,14-15,17H,6,8-13H2,1,3-5H3. The second kappa shape index (κ2) is 7.16. The number of nitrogens with zero attached hydrogens (tertiary/aromatic N) is 1. The van der Waals surface area contributed by atoms with Gasteiger partial charge < -0.3 is 5.32 Å². The molecule has 1 aliphatic carbocycles. The zero-order valence-electron chi connectivity index (χ0n) is 12.6. The molecule has 0 heterocycles. The molecular weight excluding hydrogens is 220 g/mol. The molecule has 1 atom stereocenters. The van der Waals surface area contributed by atoms with E-state index in [0.29, 0.717) is 6.04 Å². The van der Waals surface area contributed by atoms with Gasteiger partial charge in [0.1, 0.15) is 0 Å². The Balaban J connectivity index is 2.51. The molecule has 1 unspecified atom stereocenters. The second-order valence-electron chi connectivity index (χ2n) is 6.65. The Morgan fingerprint density at radius 1 is 1.39 bits per heavy atom. The fourth-order valence-electron chi connectivity index (χ4n) is 2.26. The van der Waals surface area contributed by atoms with Gasteiger partial charge in [-0.15, -0.1) is 6.42 Å². The average molecular weight is 250 g/mol. The average Bonchev–Trinajstić information content (AvgIpc) is 3.06. The quantitative estimate of drug-likeness (QED) is 0.666. The molecule has 1 saturated carbocycles. The fraction of sp³-hybridized carbons (Fsp3) is 0.875. The van der Waals surface area contributed by atoms with Crippen LogP contribution in [0.5, 0.6) is 0 Å². The van der Waals surface area contributed by atoms with Crippen molar-refractivity contribution in [1.82, 2.24) is 10.2 Å². The van der Waals surface area contributed by atoms with Crippen LogP contribution in [0.1, 0.15) is 53.4 Å². The summed E-state index contributed by atoms with van der Waals surface area (Å²) in [5.41, 5.74) is 0.188. The zero-order valence-corrected chi connectivity index (χ0v) is 12.6.